The Morgan fingerprint density at radius 2 is 2.24 bits per heavy atom. The molecule has 0 aromatic heterocycles. The molecule has 0 radical (unpaired) electrons. The Kier molecular flexibility index (Phi) is 4.25. The summed E-state index contributed by atoms with van der Waals surface area (Å²) in [6.07, 6.45) is 2.47. The summed E-state index contributed by atoms with van der Waals surface area (Å²) in [5.41, 5.74) is 0. The van der Waals surface area contributed by atoms with E-state index in [1.54, 1.807) is 0 Å². The molecular weight excluding hydrogens is 329 g/mol. The number of nitrogens with one attached hydrogen (secondary N) is 1. The molecule has 17 heavy (non-hydrogen) atoms. The number of ether oxygens (including phenoxy) is 1. The van der Waals surface area contributed by atoms with Gasteiger partial charge in [-0.25, -0.2) is 0 Å². The molecule has 0 bridgehead atoms. The molecule has 1 unspecified atom stereocenters. The van der Waals surface area contributed by atoms with E-state index in [2.05, 4.69) is 34.8 Å². The van der Waals surface area contributed by atoms with Crippen LogP contribution in [-0.2, 0) is 4.79 Å². The zero-order valence-corrected chi connectivity index (χ0v) is 11.9. The van der Waals surface area contributed by atoms with E-state index < -0.39 is 0 Å². The Balaban J connectivity index is 1.77. The minimum atomic E-state index is -0.0379. The van der Waals surface area contributed by atoms with E-state index in [0.29, 0.717) is 5.92 Å². The number of carbonyl (C=O) groups excluding carboxylic acids is 1. The second-order valence-electron chi connectivity index (χ2n) is 4.41. The highest BCUT2D eigenvalue weighted by atomic mass is 127. The number of carbonyl (C=O) groups is 1. The predicted octanol–water partition coefficient (Wildman–Crippen LogP) is 2.58. The van der Waals surface area contributed by atoms with Gasteiger partial charge in [-0.3, -0.25) is 4.79 Å². The number of hydrogen-bond donors (Lipinski definition) is 1. The van der Waals surface area contributed by atoms with Crippen molar-refractivity contribution in [2.75, 3.05) is 6.61 Å². The molecule has 1 aromatic rings. The second kappa shape index (κ2) is 5.71. The molecule has 2 rings (SSSR count). The van der Waals surface area contributed by atoms with Crippen molar-refractivity contribution in [1.82, 2.24) is 5.32 Å². The molecule has 3 nitrogen and oxygen atoms in total. The summed E-state index contributed by atoms with van der Waals surface area (Å²) in [6.45, 7) is 2.15. The lowest BCUT2D eigenvalue weighted by Gasteiger charge is -2.13. The molecule has 0 heterocycles. The standard InChI is InChI=1S/C13H16INO2/c1-9(10-6-7-10)15-13(16)8-17-12-5-3-2-4-11(12)14/h2-5,9-10H,6-8H2,1H3,(H,15,16). The molecule has 4 heteroatoms. The van der Waals surface area contributed by atoms with Crippen LogP contribution in [0.1, 0.15) is 19.8 Å². The molecule has 1 aromatic carbocycles. The molecular formula is C13H16INO2. The fourth-order valence-corrected chi connectivity index (χ4v) is 2.26. The van der Waals surface area contributed by atoms with E-state index in [9.17, 15) is 4.79 Å². The maximum Gasteiger partial charge on any atom is 0.258 e. The summed E-state index contributed by atoms with van der Waals surface area (Å²) in [5, 5.41) is 2.97. The Labute approximate surface area is 115 Å². The summed E-state index contributed by atoms with van der Waals surface area (Å²) in [6, 6.07) is 7.97. The van der Waals surface area contributed by atoms with Gasteiger partial charge in [-0.1, -0.05) is 12.1 Å². The van der Waals surface area contributed by atoms with Crippen LogP contribution in [0, 0.1) is 9.49 Å². The fourth-order valence-electron chi connectivity index (χ4n) is 1.71. The molecule has 1 atom stereocenters. The fraction of sp³-hybridized carbons (Fsp3) is 0.462. The van der Waals surface area contributed by atoms with E-state index in [0.717, 1.165) is 9.32 Å². The average Bonchev–Trinajstić information content (AvgIpc) is 3.11. The van der Waals surface area contributed by atoms with Crippen LogP contribution in [-0.4, -0.2) is 18.6 Å². The molecule has 0 saturated heterocycles. The third-order valence-corrected chi connectivity index (χ3v) is 3.80. The monoisotopic (exact) mass is 345 g/mol. The maximum absolute atomic E-state index is 11.6. The van der Waals surface area contributed by atoms with Crippen LogP contribution >= 0.6 is 22.6 Å². The van der Waals surface area contributed by atoms with Gasteiger partial charge in [0.15, 0.2) is 6.61 Å². The van der Waals surface area contributed by atoms with Gasteiger partial charge in [0.1, 0.15) is 5.75 Å². The topological polar surface area (TPSA) is 38.3 Å². The van der Waals surface area contributed by atoms with E-state index in [4.69, 9.17) is 4.74 Å². The van der Waals surface area contributed by atoms with Crippen LogP contribution in [0.25, 0.3) is 0 Å². The summed E-state index contributed by atoms with van der Waals surface area (Å²) in [5.74, 6) is 1.40. The zero-order chi connectivity index (χ0) is 12.3. The summed E-state index contributed by atoms with van der Waals surface area (Å²) >= 11 is 2.20. The highest BCUT2D eigenvalue weighted by molar-refractivity contribution is 14.1. The van der Waals surface area contributed by atoms with Gasteiger partial charge < -0.3 is 10.1 Å². The Bertz CT molecular complexity index is 404. The number of benzene rings is 1. The van der Waals surface area contributed by atoms with Crippen LogP contribution in [0.15, 0.2) is 24.3 Å². The molecule has 1 aliphatic carbocycles. The first-order valence-corrected chi connectivity index (χ1v) is 6.91. The third-order valence-electron chi connectivity index (χ3n) is 2.91. The highest BCUT2D eigenvalue weighted by Crippen LogP contribution is 2.32. The lowest BCUT2D eigenvalue weighted by atomic mass is 10.2. The Morgan fingerprint density at radius 3 is 2.88 bits per heavy atom. The van der Waals surface area contributed by atoms with Crippen molar-refractivity contribution in [3.05, 3.63) is 27.8 Å². The molecule has 1 saturated carbocycles. The molecule has 92 valence electrons. The minimum Gasteiger partial charge on any atom is -0.483 e. The van der Waals surface area contributed by atoms with E-state index in [1.165, 1.54) is 12.8 Å². The lowest BCUT2D eigenvalue weighted by molar-refractivity contribution is -0.123. The first kappa shape index (κ1) is 12.7. The van der Waals surface area contributed by atoms with Gasteiger partial charge in [0.05, 0.1) is 3.57 Å². The van der Waals surface area contributed by atoms with Crippen molar-refractivity contribution in [2.24, 2.45) is 5.92 Å². The Hall–Kier alpha value is -0.780. The number of halogens is 1. The number of amides is 1. The van der Waals surface area contributed by atoms with Crippen LogP contribution < -0.4 is 10.1 Å². The first-order chi connectivity index (χ1) is 8.16. The molecule has 0 spiro atoms. The number of rotatable bonds is 5. The van der Waals surface area contributed by atoms with Gasteiger partial charge in [0.2, 0.25) is 0 Å². The first-order valence-electron chi connectivity index (χ1n) is 5.83. The SMILES string of the molecule is CC(NC(=O)COc1ccccc1I)C1CC1. The average molecular weight is 345 g/mol. The molecule has 1 N–H and O–H groups in total. The van der Waals surface area contributed by atoms with E-state index in [1.807, 2.05) is 24.3 Å². The summed E-state index contributed by atoms with van der Waals surface area (Å²) in [4.78, 5) is 11.6. The lowest BCUT2D eigenvalue weighted by Crippen LogP contribution is -2.37. The second-order valence-corrected chi connectivity index (χ2v) is 5.57. The summed E-state index contributed by atoms with van der Waals surface area (Å²) < 4.78 is 6.50. The maximum atomic E-state index is 11.6. The molecule has 1 fully saturated rings. The quantitative estimate of drug-likeness (QED) is 0.833. The van der Waals surface area contributed by atoms with Gasteiger partial charge >= 0.3 is 0 Å². The van der Waals surface area contributed by atoms with Crippen molar-refractivity contribution >= 4 is 28.5 Å². The van der Waals surface area contributed by atoms with Gasteiger partial charge in [0, 0.05) is 6.04 Å². The minimum absolute atomic E-state index is 0.0379. The molecule has 1 amide bonds. The normalized spacial score (nSPS) is 16.4. The number of para-hydroxylation sites is 1. The Morgan fingerprint density at radius 1 is 1.53 bits per heavy atom. The van der Waals surface area contributed by atoms with Crippen molar-refractivity contribution < 1.29 is 9.53 Å². The van der Waals surface area contributed by atoms with Gasteiger partial charge in [-0.05, 0) is 60.4 Å². The smallest absolute Gasteiger partial charge is 0.258 e. The van der Waals surface area contributed by atoms with Crippen molar-refractivity contribution in [3.8, 4) is 5.75 Å². The van der Waals surface area contributed by atoms with E-state index in [-0.39, 0.29) is 18.6 Å². The molecule has 1 aliphatic rings. The van der Waals surface area contributed by atoms with Crippen molar-refractivity contribution in [1.29, 1.82) is 0 Å². The summed E-state index contributed by atoms with van der Waals surface area (Å²) in [7, 11) is 0. The van der Waals surface area contributed by atoms with Crippen LogP contribution in [0.5, 0.6) is 5.75 Å². The van der Waals surface area contributed by atoms with Gasteiger partial charge in [-0.15, -0.1) is 0 Å². The number of hydrogen-bond acceptors (Lipinski definition) is 2. The van der Waals surface area contributed by atoms with Gasteiger partial charge in [-0.2, -0.15) is 0 Å². The van der Waals surface area contributed by atoms with Crippen LogP contribution in [0.4, 0.5) is 0 Å². The van der Waals surface area contributed by atoms with Crippen LogP contribution in [0.2, 0.25) is 0 Å². The van der Waals surface area contributed by atoms with Crippen LogP contribution in [0.3, 0.4) is 0 Å². The zero-order valence-electron chi connectivity index (χ0n) is 9.78. The highest BCUT2D eigenvalue weighted by Gasteiger charge is 2.28. The van der Waals surface area contributed by atoms with E-state index >= 15 is 0 Å². The van der Waals surface area contributed by atoms with Crippen molar-refractivity contribution in [3.63, 3.8) is 0 Å². The largest absolute Gasteiger partial charge is 0.483 e. The molecule has 0 aliphatic heterocycles. The van der Waals surface area contributed by atoms with Crippen molar-refractivity contribution in [2.45, 2.75) is 25.8 Å². The predicted molar refractivity (Wildman–Crippen MR) is 75.0 cm³/mol. The van der Waals surface area contributed by atoms with Gasteiger partial charge in [0.25, 0.3) is 5.91 Å². The third kappa shape index (κ3) is 3.87.